The topological polar surface area (TPSA) is 57.7 Å². The van der Waals surface area contributed by atoms with Gasteiger partial charge in [-0.1, -0.05) is 60.7 Å². The van der Waals surface area contributed by atoms with E-state index in [0.717, 1.165) is 11.1 Å². The van der Waals surface area contributed by atoms with Gasteiger partial charge < -0.3 is 4.90 Å². The molecule has 4 rings (SSSR count). The normalized spacial score (nSPS) is 17.5. The fourth-order valence-corrected chi connectivity index (χ4v) is 3.90. The second-order valence-electron chi connectivity index (χ2n) is 7.26. The van der Waals surface area contributed by atoms with Crippen LogP contribution in [0.15, 0.2) is 60.7 Å². The van der Waals surface area contributed by atoms with Crippen molar-refractivity contribution >= 4 is 17.7 Å². The first-order chi connectivity index (χ1) is 13.1. The van der Waals surface area contributed by atoms with E-state index in [2.05, 4.69) is 0 Å². The molecule has 2 aliphatic heterocycles. The van der Waals surface area contributed by atoms with Crippen LogP contribution in [0.4, 0.5) is 0 Å². The first-order valence-electron chi connectivity index (χ1n) is 9.35. The lowest BCUT2D eigenvalue weighted by Gasteiger charge is -2.42. The molecule has 5 nitrogen and oxygen atoms in total. The van der Waals surface area contributed by atoms with Crippen LogP contribution < -0.4 is 0 Å². The molecule has 5 heteroatoms. The van der Waals surface area contributed by atoms with Crippen molar-refractivity contribution in [3.05, 3.63) is 71.8 Å². The number of carbonyl (C=O) groups excluding carboxylic acids is 3. The third-order valence-corrected chi connectivity index (χ3v) is 5.38. The molecule has 27 heavy (non-hydrogen) atoms. The van der Waals surface area contributed by atoms with Crippen LogP contribution in [-0.4, -0.2) is 47.2 Å². The van der Waals surface area contributed by atoms with Gasteiger partial charge in [0.1, 0.15) is 0 Å². The lowest BCUT2D eigenvalue weighted by Crippen LogP contribution is -2.55. The molecule has 2 fully saturated rings. The van der Waals surface area contributed by atoms with Crippen LogP contribution in [0, 0.1) is 5.92 Å². The Bertz CT molecular complexity index is 789. The molecule has 0 N–H and O–H groups in total. The lowest BCUT2D eigenvalue weighted by atomic mass is 9.87. The van der Waals surface area contributed by atoms with Crippen molar-refractivity contribution in [1.82, 2.24) is 9.80 Å². The van der Waals surface area contributed by atoms with Gasteiger partial charge in [0.2, 0.25) is 17.7 Å². The maximum atomic E-state index is 13.2. The minimum Gasteiger partial charge on any atom is -0.341 e. The Hall–Kier alpha value is -2.95. The molecular formula is C22H22N2O3. The molecule has 2 aromatic carbocycles. The average molecular weight is 362 g/mol. The van der Waals surface area contributed by atoms with Crippen molar-refractivity contribution in [2.24, 2.45) is 5.92 Å². The van der Waals surface area contributed by atoms with E-state index in [0.29, 0.717) is 32.5 Å². The van der Waals surface area contributed by atoms with E-state index in [4.69, 9.17) is 0 Å². The summed E-state index contributed by atoms with van der Waals surface area (Å²) >= 11 is 0. The molecule has 0 saturated carbocycles. The van der Waals surface area contributed by atoms with Crippen LogP contribution in [0.25, 0.3) is 0 Å². The number of likely N-dealkylation sites (tertiary alicyclic amines) is 2. The number of hydrogen-bond acceptors (Lipinski definition) is 3. The molecule has 2 saturated heterocycles. The van der Waals surface area contributed by atoms with Gasteiger partial charge in [0, 0.05) is 38.4 Å². The summed E-state index contributed by atoms with van der Waals surface area (Å²) in [5.41, 5.74) is 1.95. The van der Waals surface area contributed by atoms with Crippen molar-refractivity contribution in [1.29, 1.82) is 0 Å². The molecule has 2 aliphatic rings. The second-order valence-corrected chi connectivity index (χ2v) is 7.26. The van der Waals surface area contributed by atoms with Gasteiger partial charge in [0.15, 0.2) is 0 Å². The van der Waals surface area contributed by atoms with Crippen LogP contribution in [-0.2, 0) is 14.4 Å². The van der Waals surface area contributed by atoms with E-state index in [1.54, 1.807) is 0 Å². The van der Waals surface area contributed by atoms with Gasteiger partial charge in [0.05, 0.1) is 5.92 Å². The van der Waals surface area contributed by atoms with E-state index >= 15 is 0 Å². The van der Waals surface area contributed by atoms with Crippen LogP contribution in [0.2, 0.25) is 0 Å². The highest BCUT2D eigenvalue weighted by Gasteiger charge is 2.39. The summed E-state index contributed by atoms with van der Waals surface area (Å²) in [5.74, 6) is -0.259. The van der Waals surface area contributed by atoms with Crippen molar-refractivity contribution in [2.75, 3.05) is 19.6 Å². The van der Waals surface area contributed by atoms with Crippen LogP contribution in [0.3, 0.4) is 0 Å². The van der Waals surface area contributed by atoms with E-state index in [-0.39, 0.29) is 29.6 Å². The summed E-state index contributed by atoms with van der Waals surface area (Å²) in [5, 5.41) is 0. The highest BCUT2D eigenvalue weighted by Crippen LogP contribution is 2.30. The SMILES string of the molecule is O=C(C(c1ccccc1)c1ccccc1)N1CC(CN2C(=O)CCC2=O)C1. The summed E-state index contributed by atoms with van der Waals surface area (Å²) in [7, 11) is 0. The third-order valence-electron chi connectivity index (χ3n) is 5.38. The Labute approximate surface area is 158 Å². The zero-order valence-corrected chi connectivity index (χ0v) is 15.1. The Morgan fingerprint density at radius 3 is 1.81 bits per heavy atom. The van der Waals surface area contributed by atoms with Gasteiger partial charge in [-0.3, -0.25) is 19.3 Å². The van der Waals surface area contributed by atoms with Gasteiger partial charge in [-0.25, -0.2) is 0 Å². The molecule has 2 heterocycles. The molecule has 3 amide bonds. The molecular weight excluding hydrogens is 340 g/mol. The smallest absolute Gasteiger partial charge is 0.234 e. The van der Waals surface area contributed by atoms with Gasteiger partial charge in [-0.2, -0.15) is 0 Å². The Balaban J connectivity index is 1.46. The predicted molar refractivity (Wildman–Crippen MR) is 101 cm³/mol. The number of imide groups is 1. The lowest BCUT2D eigenvalue weighted by molar-refractivity contribution is -0.142. The number of amides is 3. The summed E-state index contributed by atoms with van der Waals surface area (Å²) in [6.07, 6.45) is 0.635. The van der Waals surface area contributed by atoms with E-state index < -0.39 is 0 Å². The van der Waals surface area contributed by atoms with Crippen molar-refractivity contribution < 1.29 is 14.4 Å². The Kier molecular flexibility index (Phi) is 4.75. The van der Waals surface area contributed by atoms with E-state index in [1.807, 2.05) is 65.6 Å². The molecule has 0 aliphatic carbocycles. The maximum Gasteiger partial charge on any atom is 0.234 e. The second kappa shape index (κ2) is 7.35. The molecule has 138 valence electrons. The summed E-state index contributed by atoms with van der Waals surface area (Å²) in [6.45, 7) is 1.61. The highest BCUT2D eigenvalue weighted by atomic mass is 16.2. The first-order valence-corrected chi connectivity index (χ1v) is 9.35. The van der Waals surface area contributed by atoms with Gasteiger partial charge >= 0.3 is 0 Å². The summed E-state index contributed by atoms with van der Waals surface area (Å²) in [4.78, 5) is 40.0. The largest absolute Gasteiger partial charge is 0.341 e. The van der Waals surface area contributed by atoms with Gasteiger partial charge in [-0.15, -0.1) is 0 Å². The molecule has 0 aromatic heterocycles. The van der Waals surface area contributed by atoms with Crippen LogP contribution >= 0.6 is 0 Å². The van der Waals surface area contributed by atoms with Crippen molar-refractivity contribution in [3.63, 3.8) is 0 Å². The number of carbonyl (C=O) groups is 3. The zero-order chi connectivity index (χ0) is 18.8. The highest BCUT2D eigenvalue weighted by molar-refractivity contribution is 6.02. The Morgan fingerprint density at radius 2 is 1.33 bits per heavy atom. The van der Waals surface area contributed by atoms with Crippen molar-refractivity contribution in [3.8, 4) is 0 Å². The molecule has 0 spiro atoms. The van der Waals surface area contributed by atoms with E-state index in [9.17, 15) is 14.4 Å². The maximum absolute atomic E-state index is 13.2. The third kappa shape index (κ3) is 3.50. The minimum atomic E-state index is -0.330. The average Bonchev–Trinajstić information content (AvgIpc) is 2.97. The Morgan fingerprint density at radius 1 is 0.852 bits per heavy atom. The molecule has 0 atom stereocenters. The summed E-state index contributed by atoms with van der Waals surface area (Å²) < 4.78 is 0. The van der Waals surface area contributed by atoms with E-state index in [1.165, 1.54) is 4.90 Å². The monoisotopic (exact) mass is 362 g/mol. The summed E-state index contributed by atoms with van der Waals surface area (Å²) in [6, 6.07) is 19.6. The number of benzene rings is 2. The number of rotatable bonds is 5. The standard InChI is InChI=1S/C22H22N2O3/c25-19-11-12-20(26)24(19)15-16-13-23(14-16)22(27)21(17-7-3-1-4-8-17)18-9-5-2-6-10-18/h1-10,16,21H,11-15H2. The fraction of sp³-hybridized carbons (Fsp3) is 0.318. The van der Waals surface area contributed by atoms with Gasteiger partial charge in [-0.05, 0) is 11.1 Å². The molecule has 0 unspecified atom stereocenters. The minimum absolute atomic E-state index is 0.0720. The molecule has 2 aromatic rings. The quantitative estimate of drug-likeness (QED) is 0.768. The predicted octanol–water partition coefficient (Wildman–Crippen LogP) is 2.43. The van der Waals surface area contributed by atoms with Crippen LogP contribution in [0.1, 0.15) is 29.9 Å². The van der Waals surface area contributed by atoms with Crippen molar-refractivity contribution in [2.45, 2.75) is 18.8 Å². The molecule has 0 radical (unpaired) electrons. The number of hydrogen-bond donors (Lipinski definition) is 0. The molecule has 0 bridgehead atoms. The fourth-order valence-electron chi connectivity index (χ4n) is 3.90. The first kappa shape index (κ1) is 17.5. The number of nitrogens with zero attached hydrogens (tertiary/aromatic N) is 2. The zero-order valence-electron chi connectivity index (χ0n) is 15.1. The van der Waals surface area contributed by atoms with Gasteiger partial charge in [0.25, 0.3) is 0 Å². The van der Waals surface area contributed by atoms with Crippen LogP contribution in [0.5, 0.6) is 0 Å².